The van der Waals surface area contributed by atoms with Gasteiger partial charge in [-0.05, 0) is 35.9 Å². The molecule has 0 aromatic heterocycles. The fraction of sp³-hybridized carbons (Fsp3) is 0.0952. The monoisotopic (exact) mass is 379 g/mol. The van der Waals surface area contributed by atoms with Gasteiger partial charge in [0.1, 0.15) is 0 Å². The molecule has 5 heteroatoms. The standard InChI is InChI=1S/C21H15Cl2N3/c22-12-9-10-15(23)18(11-12)26-20-14-6-2-1-5-13(14)19-21(20)25-17-8-4-3-7-16(17)24-19/h1-11,19,21,24-25H. The highest BCUT2D eigenvalue weighted by Gasteiger charge is 2.40. The van der Waals surface area contributed by atoms with E-state index in [1.54, 1.807) is 18.2 Å². The van der Waals surface area contributed by atoms with Crippen LogP contribution in [0.2, 0.25) is 10.0 Å². The number of para-hydroxylation sites is 2. The van der Waals surface area contributed by atoms with Gasteiger partial charge in [-0.2, -0.15) is 0 Å². The number of nitrogens with one attached hydrogen (secondary N) is 2. The van der Waals surface area contributed by atoms with Gasteiger partial charge in [-0.1, -0.05) is 59.6 Å². The van der Waals surface area contributed by atoms with Gasteiger partial charge in [0.25, 0.3) is 0 Å². The smallest absolute Gasteiger partial charge is 0.0937 e. The predicted octanol–water partition coefficient (Wildman–Crippen LogP) is 6.08. The molecule has 3 nitrogen and oxygen atoms in total. The number of anilines is 2. The zero-order chi connectivity index (χ0) is 17.7. The molecule has 1 aliphatic carbocycles. The molecule has 2 atom stereocenters. The number of fused-ring (bicyclic) bond motifs is 4. The van der Waals surface area contributed by atoms with Crippen molar-refractivity contribution in [2.75, 3.05) is 10.6 Å². The van der Waals surface area contributed by atoms with E-state index in [0.717, 1.165) is 22.6 Å². The predicted molar refractivity (Wildman–Crippen MR) is 109 cm³/mol. The number of rotatable bonds is 1. The molecule has 5 rings (SSSR count). The zero-order valence-corrected chi connectivity index (χ0v) is 15.2. The molecular formula is C21H15Cl2N3. The van der Waals surface area contributed by atoms with E-state index < -0.39 is 0 Å². The Morgan fingerprint density at radius 3 is 2.27 bits per heavy atom. The topological polar surface area (TPSA) is 36.4 Å². The van der Waals surface area contributed by atoms with Crippen molar-refractivity contribution in [3.05, 3.63) is 87.9 Å². The van der Waals surface area contributed by atoms with Crippen LogP contribution in [0.3, 0.4) is 0 Å². The van der Waals surface area contributed by atoms with Crippen molar-refractivity contribution in [3.63, 3.8) is 0 Å². The quantitative estimate of drug-likeness (QED) is 0.537. The van der Waals surface area contributed by atoms with Crippen LogP contribution >= 0.6 is 23.2 Å². The van der Waals surface area contributed by atoms with Crippen LogP contribution in [-0.4, -0.2) is 11.8 Å². The minimum absolute atomic E-state index is 0.0253. The van der Waals surface area contributed by atoms with Crippen molar-refractivity contribution < 1.29 is 0 Å². The summed E-state index contributed by atoms with van der Waals surface area (Å²) in [6.07, 6.45) is 0. The number of nitrogens with zero attached hydrogens (tertiary/aromatic N) is 1. The first kappa shape index (κ1) is 15.7. The summed E-state index contributed by atoms with van der Waals surface area (Å²) in [6, 6.07) is 22.1. The van der Waals surface area contributed by atoms with Gasteiger partial charge >= 0.3 is 0 Å². The van der Waals surface area contributed by atoms with Crippen LogP contribution in [0, 0.1) is 0 Å². The van der Waals surface area contributed by atoms with E-state index >= 15 is 0 Å². The summed E-state index contributed by atoms with van der Waals surface area (Å²) in [5, 5.41) is 8.51. The molecule has 3 aromatic carbocycles. The van der Waals surface area contributed by atoms with Crippen molar-refractivity contribution >= 4 is 46.0 Å². The molecule has 2 aliphatic rings. The zero-order valence-electron chi connectivity index (χ0n) is 13.7. The van der Waals surface area contributed by atoms with E-state index in [2.05, 4.69) is 41.0 Å². The highest BCUT2D eigenvalue weighted by molar-refractivity contribution is 6.35. The third-order valence-electron chi connectivity index (χ3n) is 4.90. The van der Waals surface area contributed by atoms with Crippen LogP contribution in [-0.2, 0) is 0 Å². The lowest BCUT2D eigenvalue weighted by Gasteiger charge is -2.32. The lowest BCUT2D eigenvalue weighted by atomic mass is 10.0. The summed E-state index contributed by atoms with van der Waals surface area (Å²) in [5.74, 6) is 0. The van der Waals surface area contributed by atoms with Crippen molar-refractivity contribution in [1.82, 2.24) is 0 Å². The van der Waals surface area contributed by atoms with Crippen molar-refractivity contribution in [3.8, 4) is 0 Å². The second kappa shape index (κ2) is 6.04. The second-order valence-corrected chi connectivity index (χ2v) is 7.31. The second-order valence-electron chi connectivity index (χ2n) is 6.47. The lowest BCUT2D eigenvalue weighted by molar-refractivity contribution is 0.754. The summed E-state index contributed by atoms with van der Waals surface area (Å²) in [5.41, 5.74) is 6.20. The van der Waals surface area contributed by atoms with Gasteiger partial charge in [-0.15, -0.1) is 0 Å². The third-order valence-corrected chi connectivity index (χ3v) is 5.45. The van der Waals surface area contributed by atoms with Gasteiger partial charge in [-0.25, -0.2) is 4.99 Å². The summed E-state index contributed by atoms with van der Waals surface area (Å²) >= 11 is 12.5. The minimum atomic E-state index is 0.0253. The summed E-state index contributed by atoms with van der Waals surface area (Å²) in [7, 11) is 0. The fourth-order valence-electron chi connectivity index (χ4n) is 3.72. The molecule has 0 amide bonds. The molecular weight excluding hydrogens is 365 g/mol. The first-order chi connectivity index (χ1) is 12.7. The molecule has 0 bridgehead atoms. The molecule has 0 saturated heterocycles. The Bertz CT molecular complexity index is 1040. The van der Waals surface area contributed by atoms with Crippen LogP contribution < -0.4 is 10.6 Å². The first-order valence-corrected chi connectivity index (χ1v) is 9.21. The summed E-state index contributed by atoms with van der Waals surface area (Å²) in [4.78, 5) is 4.91. The normalized spacial score (nSPS) is 21.4. The Balaban J connectivity index is 1.67. The van der Waals surface area contributed by atoms with Gasteiger partial charge in [0.15, 0.2) is 0 Å². The van der Waals surface area contributed by atoms with Gasteiger partial charge in [-0.3, -0.25) is 0 Å². The molecule has 26 heavy (non-hydrogen) atoms. The Morgan fingerprint density at radius 1 is 0.769 bits per heavy atom. The van der Waals surface area contributed by atoms with Gasteiger partial charge in [0.05, 0.1) is 39.9 Å². The van der Waals surface area contributed by atoms with Crippen LogP contribution in [0.1, 0.15) is 17.2 Å². The number of aliphatic imine (C=N–C) groups is 1. The maximum Gasteiger partial charge on any atom is 0.0937 e. The van der Waals surface area contributed by atoms with Crippen molar-refractivity contribution in [1.29, 1.82) is 0 Å². The number of hydrogen-bond donors (Lipinski definition) is 2. The van der Waals surface area contributed by atoms with Gasteiger partial charge in [0, 0.05) is 10.6 Å². The maximum atomic E-state index is 6.36. The third kappa shape index (κ3) is 2.47. The van der Waals surface area contributed by atoms with E-state index in [0.29, 0.717) is 15.7 Å². The molecule has 0 spiro atoms. The number of benzene rings is 3. The fourth-order valence-corrected chi connectivity index (χ4v) is 4.05. The van der Waals surface area contributed by atoms with Crippen LogP contribution in [0.4, 0.5) is 17.1 Å². The molecule has 128 valence electrons. The molecule has 1 aliphatic heterocycles. The number of halogens is 2. The van der Waals surface area contributed by atoms with Gasteiger partial charge in [0.2, 0.25) is 0 Å². The van der Waals surface area contributed by atoms with E-state index in [1.807, 2.05) is 18.2 Å². The average molecular weight is 380 g/mol. The highest BCUT2D eigenvalue weighted by atomic mass is 35.5. The van der Waals surface area contributed by atoms with E-state index in [1.165, 1.54) is 5.56 Å². The summed E-state index contributed by atoms with van der Waals surface area (Å²) in [6.45, 7) is 0. The van der Waals surface area contributed by atoms with Crippen LogP contribution in [0.25, 0.3) is 0 Å². The Morgan fingerprint density at radius 2 is 1.46 bits per heavy atom. The largest absolute Gasteiger partial charge is 0.374 e. The molecule has 2 unspecified atom stereocenters. The molecule has 3 aromatic rings. The minimum Gasteiger partial charge on any atom is -0.374 e. The summed E-state index contributed by atoms with van der Waals surface area (Å²) < 4.78 is 0. The van der Waals surface area contributed by atoms with Crippen molar-refractivity contribution in [2.45, 2.75) is 12.1 Å². The SMILES string of the molecule is Clc1ccc(Cl)c(N=C2c3ccccc3C3Nc4ccccc4NC23)c1. The molecule has 0 saturated carbocycles. The van der Waals surface area contributed by atoms with Crippen molar-refractivity contribution in [2.24, 2.45) is 4.99 Å². The van der Waals surface area contributed by atoms with Gasteiger partial charge < -0.3 is 10.6 Å². The molecule has 0 fully saturated rings. The highest BCUT2D eigenvalue weighted by Crippen LogP contribution is 2.43. The maximum absolute atomic E-state index is 6.36. The Hall–Kier alpha value is -2.49. The Labute approximate surface area is 161 Å². The Kier molecular flexibility index (Phi) is 3.66. The molecule has 0 radical (unpaired) electrons. The van der Waals surface area contributed by atoms with Crippen LogP contribution in [0.5, 0.6) is 0 Å². The van der Waals surface area contributed by atoms with E-state index in [4.69, 9.17) is 28.2 Å². The first-order valence-electron chi connectivity index (χ1n) is 8.46. The van der Waals surface area contributed by atoms with Crippen LogP contribution in [0.15, 0.2) is 71.7 Å². The van der Waals surface area contributed by atoms with E-state index in [-0.39, 0.29) is 12.1 Å². The van der Waals surface area contributed by atoms with E-state index in [9.17, 15) is 0 Å². The lowest BCUT2D eigenvalue weighted by Crippen LogP contribution is -2.37. The average Bonchev–Trinajstić information content (AvgIpc) is 2.96. The molecule has 1 heterocycles. The number of hydrogen-bond acceptors (Lipinski definition) is 3. The molecule has 2 N–H and O–H groups in total.